The van der Waals surface area contributed by atoms with Crippen molar-refractivity contribution in [3.05, 3.63) is 59.5 Å². The molecule has 4 aromatic rings. The number of hydrogen-bond donors (Lipinski definition) is 1. The van der Waals surface area contributed by atoms with E-state index in [9.17, 15) is 4.79 Å². The largest absolute Gasteiger partial charge is 0.497 e. The number of hydrogen-bond acceptors (Lipinski definition) is 8. The topological polar surface area (TPSA) is 83.5 Å². The summed E-state index contributed by atoms with van der Waals surface area (Å²) in [6.07, 6.45) is 2.97. The van der Waals surface area contributed by atoms with Crippen LogP contribution >= 0.6 is 22.9 Å². The summed E-state index contributed by atoms with van der Waals surface area (Å²) in [5, 5.41) is 4.33. The van der Waals surface area contributed by atoms with Gasteiger partial charge in [0, 0.05) is 31.4 Å². The Morgan fingerprint density at radius 1 is 1.09 bits per heavy atom. The Morgan fingerprint density at radius 2 is 1.91 bits per heavy atom. The predicted octanol–water partition coefficient (Wildman–Crippen LogP) is 4.67. The molecule has 176 valence electrons. The second kappa shape index (κ2) is 10.3. The zero-order valence-corrected chi connectivity index (χ0v) is 20.9. The summed E-state index contributed by atoms with van der Waals surface area (Å²) < 4.78 is 6.17. The molecule has 0 unspecified atom stereocenters. The van der Waals surface area contributed by atoms with Gasteiger partial charge in [0.1, 0.15) is 11.4 Å². The van der Waals surface area contributed by atoms with E-state index < -0.39 is 0 Å². The Kier molecular flexibility index (Phi) is 7.26. The van der Waals surface area contributed by atoms with Crippen LogP contribution < -0.4 is 15.0 Å². The maximum Gasteiger partial charge on any atom is 0.275 e. The number of benzene rings is 2. The standard InChI is InChI=1S/C24H25ClN6O2S/c1-30(2)9-10-31(3)24-29-19-8-5-15(11-22(19)34-24)28-23(32)21-14-26-20(13-27-21)17-7-6-16(33-4)12-18(17)25/h5-8,11-14H,9-10H2,1-4H3,(H,28,32). The third-order valence-corrected chi connectivity index (χ3v) is 6.63. The molecule has 0 bridgehead atoms. The van der Waals surface area contributed by atoms with Crippen LogP contribution in [0.5, 0.6) is 5.75 Å². The normalized spacial score (nSPS) is 11.1. The first kappa shape index (κ1) is 23.9. The number of nitrogens with one attached hydrogen (secondary N) is 1. The number of anilines is 2. The number of nitrogens with zero attached hydrogens (tertiary/aromatic N) is 5. The molecule has 0 atom stereocenters. The number of aromatic nitrogens is 3. The first-order chi connectivity index (χ1) is 16.3. The lowest BCUT2D eigenvalue weighted by molar-refractivity contribution is 0.102. The third kappa shape index (κ3) is 5.44. The van der Waals surface area contributed by atoms with Crippen molar-refractivity contribution >= 4 is 49.9 Å². The average molecular weight is 497 g/mol. The first-order valence-corrected chi connectivity index (χ1v) is 11.8. The lowest BCUT2D eigenvalue weighted by Crippen LogP contribution is -2.28. The van der Waals surface area contributed by atoms with E-state index in [2.05, 4.69) is 25.1 Å². The molecule has 0 aliphatic rings. The molecule has 2 aromatic carbocycles. The maximum atomic E-state index is 12.7. The molecule has 10 heteroatoms. The number of carbonyl (C=O) groups is 1. The molecule has 0 aliphatic heterocycles. The van der Waals surface area contributed by atoms with Gasteiger partial charge in [0.15, 0.2) is 5.13 Å². The first-order valence-electron chi connectivity index (χ1n) is 10.6. The summed E-state index contributed by atoms with van der Waals surface area (Å²) in [6, 6.07) is 11.0. The molecule has 34 heavy (non-hydrogen) atoms. The van der Waals surface area contributed by atoms with Crippen molar-refractivity contribution < 1.29 is 9.53 Å². The molecule has 0 radical (unpaired) electrons. The van der Waals surface area contributed by atoms with Crippen molar-refractivity contribution in [1.82, 2.24) is 19.9 Å². The third-order valence-electron chi connectivity index (χ3n) is 5.18. The highest BCUT2D eigenvalue weighted by atomic mass is 35.5. The number of amides is 1. The Morgan fingerprint density at radius 3 is 2.59 bits per heavy atom. The highest BCUT2D eigenvalue weighted by Crippen LogP contribution is 2.31. The lowest BCUT2D eigenvalue weighted by atomic mass is 10.1. The minimum atomic E-state index is -0.341. The zero-order chi connectivity index (χ0) is 24.2. The number of rotatable bonds is 8. The van der Waals surface area contributed by atoms with Crippen molar-refractivity contribution in [3.63, 3.8) is 0 Å². The summed E-state index contributed by atoms with van der Waals surface area (Å²) >= 11 is 7.91. The fourth-order valence-corrected chi connectivity index (χ4v) is 4.47. The minimum absolute atomic E-state index is 0.210. The van der Waals surface area contributed by atoms with Gasteiger partial charge in [-0.05, 0) is 50.5 Å². The van der Waals surface area contributed by atoms with Gasteiger partial charge in [-0.3, -0.25) is 9.78 Å². The molecule has 2 heterocycles. The van der Waals surface area contributed by atoms with Gasteiger partial charge in [-0.15, -0.1) is 0 Å². The Bertz CT molecular complexity index is 1310. The summed E-state index contributed by atoms with van der Waals surface area (Å²) in [6.45, 7) is 1.82. The van der Waals surface area contributed by atoms with Gasteiger partial charge in [-0.2, -0.15) is 0 Å². The Labute approximate surface area is 207 Å². The molecule has 0 fully saturated rings. The Balaban J connectivity index is 1.46. The van der Waals surface area contributed by atoms with Crippen LogP contribution in [0.4, 0.5) is 10.8 Å². The fourth-order valence-electron chi connectivity index (χ4n) is 3.21. The second-order valence-electron chi connectivity index (χ2n) is 7.99. The number of carbonyl (C=O) groups excluding carboxylic acids is 1. The van der Waals surface area contributed by atoms with Gasteiger partial charge in [0.25, 0.3) is 5.91 Å². The van der Waals surface area contributed by atoms with Crippen molar-refractivity contribution in [2.24, 2.45) is 0 Å². The van der Waals surface area contributed by atoms with Crippen molar-refractivity contribution in [1.29, 1.82) is 0 Å². The van der Waals surface area contributed by atoms with E-state index in [4.69, 9.17) is 21.3 Å². The van der Waals surface area contributed by atoms with Crippen molar-refractivity contribution in [2.45, 2.75) is 0 Å². The van der Waals surface area contributed by atoms with Gasteiger partial charge in [0.2, 0.25) is 0 Å². The highest BCUT2D eigenvalue weighted by molar-refractivity contribution is 7.22. The number of likely N-dealkylation sites (N-methyl/N-ethyl adjacent to an activating group) is 2. The predicted molar refractivity (Wildman–Crippen MR) is 138 cm³/mol. The second-order valence-corrected chi connectivity index (χ2v) is 9.41. The molecule has 8 nitrogen and oxygen atoms in total. The summed E-state index contributed by atoms with van der Waals surface area (Å²) in [5.74, 6) is 0.315. The van der Waals surface area contributed by atoms with Crippen LogP contribution in [-0.4, -0.2) is 67.1 Å². The number of thiazole rings is 1. The SMILES string of the molecule is COc1ccc(-c2cnc(C(=O)Nc3ccc4nc(N(C)CCN(C)C)sc4c3)cn2)c(Cl)c1. The highest BCUT2D eigenvalue weighted by Gasteiger charge is 2.13. The minimum Gasteiger partial charge on any atom is -0.497 e. The lowest BCUT2D eigenvalue weighted by Gasteiger charge is -2.18. The average Bonchev–Trinajstić information content (AvgIpc) is 3.26. The molecule has 0 saturated carbocycles. The molecule has 0 spiro atoms. The summed E-state index contributed by atoms with van der Waals surface area (Å²) in [7, 11) is 7.71. The van der Waals surface area contributed by atoms with Crippen LogP contribution in [0.1, 0.15) is 10.5 Å². The van der Waals surface area contributed by atoms with E-state index in [0.29, 0.717) is 27.7 Å². The maximum absolute atomic E-state index is 12.7. The fraction of sp³-hybridized carbons (Fsp3) is 0.250. The zero-order valence-electron chi connectivity index (χ0n) is 19.4. The van der Waals surface area contributed by atoms with Gasteiger partial charge >= 0.3 is 0 Å². The summed E-state index contributed by atoms with van der Waals surface area (Å²) in [4.78, 5) is 30.3. The molecule has 0 aliphatic carbocycles. The molecule has 2 aromatic heterocycles. The van der Waals surface area contributed by atoms with Gasteiger partial charge in [-0.25, -0.2) is 9.97 Å². The molecule has 0 saturated heterocycles. The van der Waals surface area contributed by atoms with E-state index in [0.717, 1.165) is 28.4 Å². The smallest absolute Gasteiger partial charge is 0.275 e. The van der Waals surface area contributed by atoms with Crippen LogP contribution in [0.25, 0.3) is 21.5 Å². The van der Waals surface area contributed by atoms with Crippen LogP contribution in [0, 0.1) is 0 Å². The molecular weight excluding hydrogens is 472 g/mol. The number of methoxy groups -OCH3 is 1. The van der Waals surface area contributed by atoms with Gasteiger partial charge < -0.3 is 19.9 Å². The van der Waals surface area contributed by atoms with Crippen molar-refractivity contribution in [3.8, 4) is 17.0 Å². The van der Waals surface area contributed by atoms with E-state index in [1.165, 1.54) is 12.4 Å². The van der Waals surface area contributed by atoms with E-state index >= 15 is 0 Å². The summed E-state index contributed by atoms with van der Waals surface area (Å²) in [5.41, 5.74) is 3.06. The quantitative estimate of drug-likeness (QED) is 0.379. The van der Waals surface area contributed by atoms with E-state index in [-0.39, 0.29) is 11.6 Å². The van der Waals surface area contributed by atoms with Gasteiger partial charge in [-0.1, -0.05) is 22.9 Å². The van der Waals surface area contributed by atoms with Crippen LogP contribution in [0.2, 0.25) is 5.02 Å². The van der Waals surface area contributed by atoms with Crippen LogP contribution in [0.3, 0.4) is 0 Å². The molecule has 1 N–H and O–H groups in total. The number of ether oxygens (including phenoxy) is 1. The molecular formula is C24H25ClN6O2S. The Hall–Kier alpha value is -3.27. The number of fused-ring (bicyclic) bond motifs is 1. The number of halogens is 1. The molecule has 1 amide bonds. The monoisotopic (exact) mass is 496 g/mol. The van der Waals surface area contributed by atoms with E-state index in [1.807, 2.05) is 39.3 Å². The van der Waals surface area contributed by atoms with Crippen LogP contribution in [-0.2, 0) is 0 Å². The van der Waals surface area contributed by atoms with E-state index in [1.54, 1.807) is 36.6 Å². The molecule has 4 rings (SSSR count). The van der Waals surface area contributed by atoms with Crippen LogP contribution in [0.15, 0.2) is 48.8 Å². The van der Waals surface area contributed by atoms with Crippen molar-refractivity contribution in [2.75, 3.05) is 51.6 Å². The van der Waals surface area contributed by atoms with Gasteiger partial charge in [0.05, 0.1) is 40.4 Å².